The molecule has 0 aliphatic carbocycles. The molecule has 0 unspecified atom stereocenters. The van der Waals surface area contributed by atoms with E-state index in [1.165, 1.54) is 17.4 Å². The van der Waals surface area contributed by atoms with E-state index in [2.05, 4.69) is 9.97 Å². The lowest BCUT2D eigenvalue weighted by molar-refractivity contribution is -0.136. The number of thiazole rings is 1. The van der Waals surface area contributed by atoms with Crippen molar-refractivity contribution in [3.63, 3.8) is 0 Å². The summed E-state index contributed by atoms with van der Waals surface area (Å²) in [6.45, 7) is 1.82. The summed E-state index contributed by atoms with van der Waals surface area (Å²) in [4.78, 5) is 26.5. The smallest absolute Gasteiger partial charge is 0.352 e. The Balaban J connectivity index is 0.000000200. The zero-order valence-corrected chi connectivity index (χ0v) is 11.6. The molecule has 2 heterocycles. The topological polar surface area (TPSA) is 106 Å². The van der Waals surface area contributed by atoms with Gasteiger partial charge in [-0.15, -0.1) is 11.3 Å². The van der Waals surface area contributed by atoms with Gasteiger partial charge in [-0.1, -0.05) is 0 Å². The van der Waals surface area contributed by atoms with Crippen LogP contribution >= 0.6 is 23.6 Å². The number of carboxylic acid groups (broad SMARTS) is 2. The number of H-pyrrole nitrogens is 2. The molecular weight excluding hydrogens is 288 g/mol. The number of aromatic amines is 2. The number of aryl methyl sites for hydroxylation is 1. The fourth-order valence-electron chi connectivity index (χ4n) is 1.21. The Morgan fingerprint density at radius 3 is 2.42 bits per heavy atom. The predicted octanol–water partition coefficient (Wildman–Crippen LogP) is 2.45. The van der Waals surface area contributed by atoms with Gasteiger partial charge in [0, 0.05) is 16.8 Å². The summed E-state index contributed by atoms with van der Waals surface area (Å²) in [5.41, 5.74) is 1.09. The summed E-state index contributed by atoms with van der Waals surface area (Å²) in [6, 6.07) is 3.14. The highest BCUT2D eigenvalue weighted by Gasteiger charge is 2.05. The zero-order valence-electron chi connectivity index (χ0n) is 9.97. The molecule has 0 saturated carbocycles. The number of rotatable bonds is 3. The maximum Gasteiger partial charge on any atom is 0.352 e. The second-order valence-electron chi connectivity index (χ2n) is 3.52. The molecule has 0 amide bonds. The van der Waals surface area contributed by atoms with Crippen molar-refractivity contribution in [2.24, 2.45) is 0 Å². The first-order valence-corrected chi connectivity index (χ1v) is 6.39. The molecule has 6 nitrogen and oxygen atoms in total. The van der Waals surface area contributed by atoms with Gasteiger partial charge in [0.2, 0.25) is 0 Å². The van der Waals surface area contributed by atoms with Crippen LogP contribution in [0.4, 0.5) is 0 Å². The van der Waals surface area contributed by atoms with Crippen molar-refractivity contribution in [1.82, 2.24) is 9.97 Å². The minimum Gasteiger partial charge on any atom is -0.481 e. The van der Waals surface area contributed by atoms with Gasteiger partial charge in [-0.2, -0.15) is 0 Å². The van der Waals surface area contributed by atoms with Crippen molar-refractivity contribution < 1.29 is 19.8 Å². The first-order valence-electron chi connectivity index (χ1n) is 5.17. The number of nitrogens with one attached hydrogen (secondary N) is 2. The molecule has 0 spiro atoms. The molecule has 0 fully saturated rings. The second-order valence-corrected chi connectivity index (χ2v) is 5.29. The largest absolute Gasteiger partial charge is 0.481 e. The minimum atomic E-state index is -0.921. The highest BCUT2D eigenvalue weighted by Crippen LogP contribution is 2.14. The van der Waals surface area contributed by atoms with Crippen LogP contribution in [0.15, 0.2) is 18.3 Å². The molecule has 0 saturated heterocycles. The van der Waals surface area contributed by atoms with Crippen LogP contribution in [0.2, 0.25) is 0 Å². The van der Waals surface area contributed by atoms with Crippen molar-refractivity contribution in [2.45, 2.75) is 13.3 Å². The third-order valence-electron chi connectivity index (χ3n) is 2.06. The molecular formula is C11H12N2O4S2. The van der Waals surface area contributed by atoms with Gasteiger partial charge in [-0.3, -0.25) is 4.79 Å². The number of aromatic nitrogens is 2. The molecule has 0 radical (unpaired) electrons. The molecule has 0 bridgehead atoms. The van der Waals surface area contributed by atoms with Crippen molar-refractivity contribution in [1.29, 1.82) is 0 Å². The van der Waals surface area contributed by atoms with Gasteiger partial charge in [0.05, 0.1) is 6.42 Å². The molecule has 0 aromatic carbocycles. The van der Waals surface area contributed by atoms with E-state index in [9.17, 15) is 9.59 Å². The van der Waals surface area contributed by atoms with Crippen LogP contribution < -0.4 is 0 Å². The van der Waals surface area contributed by atoms with Crippen LogP contribution in [0.3, 0.4) is 0 Å². The second kappa shape index (κ2) is 6.86. The van der Waals surface area contributed by atoms with Gasteiger partial charge < -0.3 is 20.2 Å². The number of aliphatic carboxylic acids is 1. The van der Waals surface area contributed by atoms with Gasteiger partial charge in [-0.25, -0.2) is 4.79 Å². The lowest BCUT2D eigenvalue weighted by Crippen LogP contribution is -1.99. The van der Waals surface area contributed by atoms with E-state index in [0.717, 1.165) is 10.6 Å². The Hall–Kier alpha value is -1.93. The Morgan fingerprint density at radius 1 is 1.42 bits per heavy atom. The number of hydrogen-bond acceptors (Lipinski definition) is 4. The normalized spacial score (nSPS) is 9.53. The van der Waals surface area contributed by atoms with E-state index < -0.39 is 11.9 Å². The quantitative estimate of drug-likeness (QED) is 0.651. The molecule has 2 aromatic rings. The average molecular weight is 300 g/mol. The van der Waals surface area contributed by atoms with Gasteiger partial charge in [-0.05, 0) is 31.3 Å². The maximum atomic E-state index is 10.3. The predicted molar refractivity (Wildman–Crippen MR) is 73.3 cm³/mol. The number of aromatic carboxylic acids is 1. The van der Waals surface area contributed by atoms with Gasteiger partial charge in [0.25, 0.3) is 0 Å². The van der Waals surface area contributed by atoms with E-state index in [4.69, 9.17) is 22.4 Å². The number of carbonyl (C=O) groups is 2. The van der Waals surface area contributed by atoms with E-state index in [-0.39, 0.29) is 12.1 Å². The first kappa shape index (κ1) is 15.1. The molecule has 4 N–H and O–H groups in total. The summed E-state index contributed by atoms with van der Waals surface area (Å²) < 4.78 is 0.638. The van der Waals surface area contributed by atoms with Gasteiger partial charge >= 0.3 is 11.9 Å². The lowest BCUT2D eigenvalue weighted by Gasteiger charge is -1.90. The van der Waals surface area contributed by atoms with Crippen LogP contribution in [0.5, 0.6) is 0 Å². The molecule has 0 atom stereocenters. The van der Waals surface area contributed by atoms with Crippen molar-refractivity contribution in [3.8, 4) is 0 Å². The summed E-state index contributed by atoms with van der Waals surface area (Å²) in [6.07, 6.45) is 1.63. The number of hydrogen-bond donors (Lipinski definition) is 4. The third-order valence-corrected chi connectivity index (χ3v) is 3.40. The van der Waals surface area contributed by atoms with E-state index in [1.807, 2.05) is 6.92 Å². The molecule has 2 aromatic heterocycles. The number of carboxylic acids is 2. The van der Waals surface area contributed by atoms with Crippen LogP contribution in [0, 0.1) is 10.9 Å². The molecule has 19 heavy (non-hydrogen) atoms. The average Bonchev–Trinajstić information content (AvgIpc) is 2.89. The highest BCUT2D eigenvalue weighted by atomic mass is 32.1. The molecule has 8 heteroatoms. The van der Waals surface area contributed by atoms with Crippen molar-refractivity contribution in [2.75, 3.05) is 0 Å². The Morgan fingerprint density at radius 2 is 2.11 bits per heavy atom. The molecule has 102 valence electrons. The standard InChI is InChI=1S/C6H7NO2S2.C5H5NO2/c1-3-4(2-5(8)9)11-6(10)7-3;7-5(8)4-2-1-3-6-4/h2H2,1H3,(H,7,10)(H,8,9);1-3,6H,(H,7,8). The van der Waals surface area contributed by atoms with Crippen LogP contribution in [0.1, 0.15) is 21.1 Å². The molecule has 2 rings (SSSR count). The fraction of sp³-hybridized carbons (Fsp3) is 0.182. The van der Waals surface area contributed by atoms with E-state index in [0.29, 0.717) is 3.95 Å². The van der Waals surface area contributed by atoms with Gasteiger partial charge in [0.15, 0.2) is 3.95 Å². The summed E-state index contributed by atoms with van der Waals surface area (Å²) in [7, 11) is 0. The summed E-state index contributed by atoms with van der Waals surface area (Å²) in [5.74, 6) is -1.74. The highest BCUT2D eigenvalue weighted by molar-refractivity contribution is 7.73. The maximum absolute atomic E-state index is 10.3. The zero-order chi connectivity index (χ0) is 14.4. The molecule has 0 aliphatic rings. The lowest BCUT2D eigenvalue weighted by atomic mass is 10.3. The van der Waals surface area contributed by atoms with Gasteiger partial charge in [0.1, 0.15) is 5.69 Å². The van der Waals surface area contributed by atoms with Crippen LogP contribution in [-0.2, 0) is 11.2 Å². The first-order chi connectivity index (χ1) is 8.90. The Labute approximate surface area is 117 Å². The fourth-order valence-corrected chi connectivity index (χ4v) is 2.49. The SMILES string of the molecule is Cc1[nH]c(=S)sc1CC(=O)O.O=C(O)c1ccc[nH]1. The monoisotopic (exact) mass is 300 g/mol. The van der Waals surface area contributed by atoms with Crippen molar-refractivity contribution in [3.05, 3.63) is 38.5 Å². The summed E-state index contributed by atoms with van der Waals surface area (Å²) >= 11 is 6.16. The third kappa shape index (κ3) is 5.06. The Bertz CT molecular complexity index is 613. The van der Waals surface area contributed by atoms with E-state index in [1.54, 1.807) is 12.3 Å². The Kier molecular flexibility index (Phi) is 5.46. The van der Waals surface area contributed by atoms with Crippen LogP contribution in [-0.4, -0.2) is 32.1 Å². The summed E-state index contributed by atoms with van der Waals surface area (Å²) in [5, 5.41) is 16.7. The molecule has 0 aliphatic heterocycles. The van der Waals surface area contributed by atoms with Crippen molar-refractivity contribution >= 4 is 35.5 Å². The minimum absolute atomic E-state index is 0.0592. The van der Waals surface area contributed by atoms with E-state index >= 15 is 0 Å². The van der Waals surface area contributed by atoms with Crippen LogP contribution in [0.25, 0.3) is 0 Å².